The number of hydrogen-bond acceptors (Lipinski definition) is 4. The van der Waals surface area contributed by atoms with Gasteiger partial charge in [-0.1, -0.05) is 17.7 Å². The Bertz CT molecular complexity index is 896. The summed E-state index contributed by atoms with van der Waals surface area (Å²) in [4.78, 5) is 16.7. The molecule has 1 aliphatic heterocycles. The van der Waals surface area contributed by atoms with E-state index < -0.39 is 0 Å². The molecule has 6 nitrogen and oxygen atoms in total. The number of halogens is 2. The van der Waals surface area contributed by atoms with Gasteiger partial charge in [0.2, 0.25) is 0 Å². The van der Waals surface area contributed by atoms with E-state index in [0.29, 0.717) is 10.6 Å². The van der Waals surface area contributed by atoms with E-state index in [-0.39, 0.29) is 29.8 Å². The maximum atomic E-state index is 14.3. The average Bonchev–Trinajstić information content (AvgIpc) is 3.49. The van der Waals surface area contributed by atoms with Crippen LogP contribution in [0.3, 0.4) is 0 Å². The molecule has 2 heterocycles. The van der Waals surface area contributed by atoms with Gasteiger partial charge in [-0.2, -0.15) is 5.10 Å². The van der Waals surface area contributed by atoms with Crippen LogP contribution in [0.4, 0.5) is 15.0 Å². The number of carbonyl (C=O) groups is 1. The van der Waals surface area contributed by atoms with E-state index in [1.807, 2.05) is 26.1 Å². The zero-order valence-electron chi connectivity index (χ0n) is 16.6. The molecule has 1 aromatic heterocycles. The van der Waals surface area contributed by atoms with Crippen LogP contribution >= 0.6 is 11.6 Å². The quantitative estimate of drug-likeness (QED) is 0.823. The molecular formula is C21H25ClFN5O. The van der Waals surface area contributed by atoms with Crippen molar-refractivity contribution in [1.29, 1.82) is 0 Å². The Morgan fingerprint density at radius 3 is 3.00 bits per heavy atom. The third-order valence-electron chi connectivity index (χ3n) is 5.92. The fraction of sp³-hybridized carbons (Fsp3) is 0.476. The molecule has 8 heteroatoms. The highest BCUT2D eigenvalue weighted by molar-refractivity contribution is 6.31. The lowest BCUT2D eigenvalue weighted by Crippen LogP contribution is -2.52. The Balaban J connectivity index is 1.35. The number of rotatable bonds is 4. The molecule has 0 radical (unpaired) electrons. The van der Waals surface area contributed by atoms with E-state index in [1.54, 1.807) is 17.2 Å². The predicted molar refractivity (Wildman–Crippen MR) is 111 cm³/mol. The van der Waals surface area contributed by atoms with E-state index in [4.69, 9.17) is 11.6 Å². The third kappa shape index (κ3) is 4.29. The number of nitrogens with one attached hydrogen (secondary N) is 1. The van der Waals surface area contributed by atoms with Gasteiger partial charge in [-0.3, -0.25) is 0 Å². The van der Waals surface area contributed by atoms with Crippen molar-refractivity contribution in [3.8, 4) is 0 Å². The van der Waals surface area contributed by atoms with Crippen molar-refractivity contribution in [3.05, 3.63) is 52.4 Å². The van der Waals surface area contributed by atoms with Crippen LogP contribution in [-0.4, -0.2) is 53.3 Å². The number of hydrogen-bond donors (Lipinski definition) is 1. The Morgan fingerprint density at radius 2 is 2.24 bits per heavy atom. The van der Waals surface area contributed by atoms with Crippen LogP contribution < -0.4 is 10.2 Å². The van der Waals surface area contributed by atoms with Crippen LogP contribution in [0, 0.1) is 12.7 Å². The fourth-order valence-electron chi connectivity index (χ4n) is 4.03. The first-order chi connectivity index (χ1) is 13.9. The molecular weight excluding hydrogens is 393 g/mol. The molecule has 0 bridgehead atoms. The first kappa shape index (κ1) is 19.9. The molecule has 0 unspecified atom stereocenters. The lowest BCUT2D eigenvalue weighted by molar-refractivity contribution is 0.182. The molecule has 3 atom stereocenters. The fourth-order valence-corrected chi connectivity index (χ4v) is 4.18. The van der Waals surface area contributed by atoms with Crippen LogP contribution in [0.1, 0.15) is 36.3 Å². The number of nitrogens with zero attached hydrogens (tertiary/aromatic N) is 4. The number of carbonyl (C=O) groups excluding carboxylic acids is 1. The van der Waals surface area contributed by atoms with Gasteiger partial charge in [-0.15, -0.1) is 5.10 Å². The minimum absolute atomic E-state index is 0.00534. The maximum absolute atomic E-state index is 14.3. The summed E-state index contributed by atoms with van der Waals surface area (Å²) in [7, 11) is 1.82. The van der Waals surface area contributed by atoms with Crippen LogP contribution in [0.2, 0.25) is 5.02 Å². The highest BCUT2D eigenvalue weighted by atomic mass is 35.5. The highest BCUT2D eigenvalue weighted by Gasteiger charge is 2.42. The van der Waals surface area contributed by atoms with Crippen LogP contribution in [0.25, 0.3) is 0 Å². The summed E-state index contributed by atoms with van der Waals surface area (Å²) in [6.07, 6.45) is 4.33. The summed E-state index contributed by atoms with van der Waals surface area (Å²) in [6.45, 7) is 3.49. The molecule has 1 aliphatic carbocycles. The zero-order chi connectivity index (χ0) is 20.5. The molecule has 1 saturated heterocycles. The van der Waals surface area contributed by atoms with Crippen molar-refractivity contribution in [1.82, 2.24) is 20.4 Å². The molecule has 2 aromatic rings. The third-order valence-corrected chi connectivity index (χ3v) is 6.33. The molecule has 1 aromatic carbocycles. The standard InChI is InChI=1S/C21H25ClFN5O/c1-13-9-15(18(23)11-17(13)22)16-10-19(16)25-21(29)27(2)14-5-4-8-28(12-14)20-6-3-7-24-26-20/h3,6-7,9,11,14,16,19H,4-5,8,10,12H2,1-2H3,(H,25,29)/t14-,16+,19-/m1/s1. The zero-order valence-corrected chi connectivity index (χ0v) is 17.4. The van der Waals surface area contributed by atoms with E-state index in [2.05, 4.69) is 20.4 Å². The van der Waals surface area contributed by atoms with Crippen LogP contribution in [0.5, 0.6) is 0 Å². The van der Waals surface area contributed by atoms with Crippen molar-refractivity contribution in [2.24, 2.45) is 0 Å². The van der Waals surface area contributed by atoms with Crippen molar-refractivity contribution in [3.63, 3.8) is 0 Å². The Kier molecular flexibility index (Phi) is 5.58. The van der Waals surface area contributed by atoms with Crippen molar-refractivity contribution < 1.29 is 9.18 Å². The minimum Gasteiger partial charge on any atom is -0.353 e. The monoisotopic (exact) mass is 417 g/mol. The van der Waals surface area contributed by atoms with E-state index in [9.17, 15) is 9.18 Å². The number of urea groups is 1. The van der Waals surface area contributed by atoms with Gasteiger partial charge in [0.05, 0.1) is 6.04 Å². The van der Waals surface area contributed by atoms with Crippen molar-refractivity contribution in [2.75, 3.05) is 25.0 Å². The highest BCUT2D eigenvalue weighted by Crippen LogP contribution is 2.43. The Labute approximate surface area is 175 Å². The number of benzene rings is 1. The minimum atomic E-state index is -0.303. The van der Waals surface area contributed by atoms with E-state index in [0.717, 1.165) is 43.7 Å². The lowest BCUT2D eigenvalue weighted by Gasteiger charge is -2.38. The molecule has 2 fully saturated rings. The summed E-state index contributed by atoms with van der Waals surface area (Å²) in [6, 6.07) is 6.89. The van der Waals surface area contributed by atoms with Gasteiger partial charge in [-0.05, 0) is 55.5 Å². The number of amides is 2. The SMILES string of the molecule is Cc1cc([C@@H]2C[C@H]2NC(=O)N(C)[C@@H]2CCCN(c3cccnn3)C2)c(F)cc1Cl. The second-order valence-electron chi connectivity index (χ2n) is 7.96. The molecule has 29 heavy (non-hydrogen) atoms. The van der Waals surface area contributed by atoms with Crippen molar-refractivity contribution >= 4 is 23.4 Å². The van der Waals surface area contributed by atoms with E-state index >= 15 is 0 Å². The van der Waals surface area contributed by atoms with Gasteiger partial charge in [0.25, 0.3) is 0 Å². The molecule has 1 saturated carbocycles. The molecule has 2 amide bonds. The number of piperidine rings is 1. The normalized spacial score (nSPS) is 23.6. The Hall–Kier alpha value is -2.41. The molecule has 1 N–H and O–H groups in total. The number of anilines is 1. The lowest BCUT2D eigenvalue weighted by atomic mass is 10.0. The van der Waals surface area contributed by atoms with Gasteiger partial charge in [-0.25, -0.2) is 9.18 Å². The number of likely N-dealkylation sites (N-methyl/N-ethyl adjacent to an activating group) is 1. The van der Waals surface area contributed by atoms with Gasteiger partial charge < -0.3 is 15.1 Å². The van der Waals surface area contributed by atoms with E-state index in [1.165, 1.54) is 6.07 Å². The van der Waals surface area contributed by atoms with Crippen molar-refractivity contribution in [2.45, 2.75) is 44.2 Å². The average molecular weight is 418 g/mol. The van der Waals surface area contributed by atoms with Gasteiger partial charge in [0.15, 0.2) is 5.82 Å². The predicted octanol–water partition coefficient (Wildman–Crippen LogP) is 3.74. The van der Waals surface area contributed by atoms with Gasteiger partial charge in [0, 0.05) is 43.3 Å². The maximum Gasteiger partial charge on any atom is 0.317 e. The first-order valence-corrected chi connectivity index (χ1v) is 10.3. The summed E-state index contributed by atoms with van der Waals surface area (Å²) >= 11 is 5.99. The van der Waals surface area contributed by atoms with Crippen LogP contribution in [0.15, 0.2) is 30.5 Å². The second kappa shape index (κ2) is 8.14. The van der Waals surface area contributed by atoms with Crippen LogP contribution in [-0.2, 0) is 0 Å². The molecule has 154 valence electrons. The molecule has 2 aliphatic rings. The molecule has 4 rings (SSSR count). The smallest absolute Gasteiger partial charge is 0.317 e. The second-order valence-corrected chi connectivity index (χ2v) is 8.36. The first-order valence-electron chi connectivity index (χ1n) is 9.95. The van der Waals surface area contributed by atoms with Gasteiger partial charge >= 0.3 is 6.03 Å². The summed E-state index contributed by atoms with van der Waals surface area (Å²) < 4.78 is 14.3. The summed E-state index contributed by atoms with van der Waals surface area (Å²) in [5.41, 5.74) is 1.48. The van der Waals surface area contributed by atoms with Gasteiger partial charge in [0.1, 0.15) is 5.82 Å². The topological polar surface area (TPSA) is 61.4 Å². The number of aromatic nitrogens is 2. The largest absolute Gasteiger partial charge is 0.353 e. The number of aryl methyl sites for hydroxylation is 1. The summed E-state index contributed by atoms with van der Waals surface area (Å²) in [5.74, 6) is 0.537. The molecule has 0 spiro atoms. The summed E-state index contributed by atoms with van der Waals surface area (Å²) in [5, 5.41) is 11.6. The Morgan fingerprint density at radius 1 is 1.41 bits per heavy atom.